The third-order valence-electron chi connectivity index (χ3n) is 3.33. The lowest BCUT2D eigenvalue weighted by Gasteiger charge is -2.26. The summed E-state index contributed by atoms with van der Waals surface area (Å²) in [5, 5.41) is 4.07. The van der Waals surface area contributed by atoms with Gasteiger partial charge in [-0.1, -0.05) is 23.2 Å². The van der Waals surface area contributed by atoms with Crippen LogP contribution in [0.15, 0.2) is 41.6 Å². The van der Waals surface area contributed by atoms with Crippen LogP contribution in [-0.4, -0.2) is 16.6 Å². The zero-order valence-corrected chi connectivity index (χ0v) is 13.3. The SMILES string of the molecule is O=C(NC1CCSc2ccc(Cl)cc21)c1ccncc1Cl. The third-order valence-corrected chi connectivity index (χ3v) is 4.99. The first-order valence-corrected chi connectivity index (χ1v) is 8.22. The molecule has 21 heavy (non-hydrogen) atoms. The van der Waals surface area contributed by atoms with Crippen molar-refractivity contribution in [3.8, 4) is 0 Å². The molecular formula is C15H12Cl2N2OS. The molecule has 3 nitrogen and oxygen atoms in total. The van der Waals surface area contributed by atoms with Crippen molar-refractivity contribution in [3.63, 3.8) is 0 Å². The summed E-state index contributed by atoms with van der Waals surface area (Å²) in [6.07, 6.45) is 3.90. The number of halogens is 2. The van der Waals surface area contributed by atoms with Gasteiger partial charge in [-0.2, -0.15) is 0 Å². The molecule has 0 radical (unpaired) electrons. The number of nitrogens with one attached hydrogen (secondary N) is 1. The summed E-state index contributed by atoms with van der Waals surface area (Å²) in [4.78, 5) is 17.4. The van der Waals surface area contributed by atoms with Crippen molar-refractivity contribution in [2.45, 2.75) is 17.4 Å². The summed E-state index contributed by atoms with van der Waals surface area (Å²) >= 11 is 13.9. The lowest BCUT2D eigenvalue weighted by Crippen LogP contribution is -2.30. The van der Waals surface area contributed by atoms with Gasteiger partial charge >= 0.3 is 0 Å². The molecule has 2 heterocycles. The van der Waals surface area contributed by atoms with Crippen LogP contribution in [0.3, 0.4) is 0 Å². The molecule has 1 aliphatic rings. The number of aromatic nitrogens is 1. The Morgan fingerprint density at radius 1 is 1.33 bits per heavy atom. The molecule has 1 aromatic carbocycles. The number of hydrogen-bond donors (Lipinski definition) is 1. The van der Waals surface area contributed by atoms with Gasteiger partial charge in [-0.25, -0.2) is 0 Å². The Balaban J connectivity index is 1.85. The number of fused-ring (bicyclic) bond motifs is 1. The van der Waals surface area contributed by atoms with E-state index in [9.17, 15) is 4.79 Å². The maximum Gasteiger partial charge on any atom is 0.253 e. The number of nitrogens with zero attached hydrogens (tertiary/aromatic N) is 1. The minimum atomic E-state index is -0.190. The van der Waals surface area contributed by atoms with Gasteiger partial charge in [0, 0.05) is 28.1 Å². The summed E-state index contributed by atoms with van der Waals surface area (Å²) in [6, 6.07) is 7.37. The van der Waals surface area contributed by atoms with Crippen LogP contribution in [0.4, 0.5) is 0 Å². The molecule has 1 unspecified atom stereocenters. The lowest BCUT2D eigenvalue weighted by atomic mass is 10.0. The molecule has 1 amide bonds. The van der Waals surface area contributed by atoms with Crippen molar-refractivity contribution in [3.05, 3.63) is 57.8 Å². The van der Waals surface area contributed by atoms with E-state index in [0.29, 0.717) is 15.6 Å². The Kier molecular flexibility index (Phi) is 4.38. The highest BCUT2D eigenvalue weighted by molar-refractivity contribution is 7.99. The van der Waals surface area contributed by atoms with Crippen LogP contribution in [-0.2, 0) is 0 Å². The molecule has 0 fully saturated rings. The quantitative estimate of drug-likeness (QED) is 0.884. The normalized spacial score (nSPS) is 17.1. The molecule has 0 aliphatic carbocycles. The molecule has 0 saturated carbocycles. The van der Waals surface area contributed by atoms with Crippen LogP contribution in [0, 0.1) is 0 Å². The zero-order chi connectivity index (χ0) is 14.8. The molecule has 6 heteroatoms. The molecule has 1 aliphatic heterocycles. The second kappa shape index (κ2) is 6.26. The fourth-order valence-electron chi connectivity index (χ4n) is 2.31. The van der Waals surface area contributed by atoms with Crippen LogP contribution in [0.2, 0.25) is 10.0 Å². The molecule has 0 saturated heterocycles. The first-order chi connectivity index (χ1) is 10.1. The number of amides is 1. The van der Waals surface area contributed by atoms with Gasteiger partial charge < -0.3 is 5.32 Å². The highest BCUT2D eigenvalue weighted by Gasteiger charge is 2.23. The van der Waals surface area contributed by atoms with Crippen molar-refractivity contribution in [1.82, 2.24) is 10.3 Å². The van der Waals surface area contributed by atoms with Crippen molar-refractivity contribution < 1.29 is 4.79 Å². The van der Waals surface area contributed by atoms with Gasteiger partial charge in [0.15, 0.2) is 0 Å². The molecule has 2 aromatic rings. The van der Waals surface area contributed by atoms with E-state index in [-0.39, 0.29) is 11.9 Å². The Morgan fingerprint density at radius 3 is 3.00 bits per heavy atom. The molecule has 1 atom stereocenters. The Bertz CT molecular complexity index is 693. The van der Waals surface area contributed by atoms with Gasteiger partial charge in [0.2, 0.25) is 0 Å². The first-order valence-electron chi connectivity index (χ1n) is 6.48. The third kappa shape index (κ3) is 3.18. The topological polar surface area (TPSA) is 42.0 Å². The molecular weight excluding hydrogens is 327 g/mol. The highest BCUT2D eigenvalue weighted by atomic mass is 35.5. The second-order valence-corrected chi connectivity index (χ2v) is 6.68. The minimum Gasteiger partial charge on any atom is -0.345 e. The fourth-order valence-corrected chi connectivity index (χ4v) is 3.80. The number of carbonyl (C=O) groups is 1. The van der Waals surface area contributed by atoms with Crippen molar-refractivity contribution in [2.75, 3.05) is 5.75 Å². The van der Waals surface area contributed by atoms with E-state index in [1.807, 2.05) is 18.2 Å². The number of thioether (sulfide) groups is 1. The van der Waals surface area contributed by atoms with Crippen LogP contribution in [0.5, 0.6) is 0 Å². The smallest absolute Gasteiger partial charge is 0.253 e. The number of rotatable bonds is 2. The minimum absolute atomic E-state index is 0.0447. The van der Waals surface area contributed by atoms with Crippen LogP contribution in [0.1, 0.15) is 28.4 Å². The van der Waals surface area contributed by atoms with E-state index in [0.717, 1.165) is 22.6 Å². The zero-order valence-electron chi connectivity index (χ0n) is 11.0. The average molecular weight is 339 g/mol. The molecule has 0 spiro atoms. The molecule has 0 bridgehead atoms. The lowest BCUT2D eigenvalue weighted by molar-refractivity contribution is 0.0935. The molecule has 1 N–H and O–H groups in total. The standard InChI is InChI=1S/C15H12Cl2N2OS/c16-9-1-2-14-11(7-9)13(4-6-21-14)19-15(20)10-3-5-18-8-12(10)17/h1-3,5,7-8,13H,4,6H2,(H,19,20). The summed E-state index contributed by atoms with van der Waals surface area (Å²) in [7, 11) is 0. The van der Waals surface area contributed by atoms with E-state index in [1.165, 1.54) is 6.20 Å². The van der Waals surface area contributed by atoms with Crippen molar-refractivity contribution >= 4 is 40.9 Å². The average Bonchev–Trinajstić information content (AvgIpc) is 2.48. The maximum absolute atomic E-state index is 12.4. The summed E-state index contributed by atoms with van der Waals surface area (Å²) < 4.78 is 0. The maximum atomic E-state index is 12.4. The molecule has 3 rings (SSSR count). The summed E-state index contributed by atoms with van der Waals surface area (Å²) in [5.41, 5.74) is 1.51. The predicted molar refractivity (Wildman–Crippen MR) is 86.2 cm³/mol. The molecule has 1 aromatic heterocycles. The van der Waals surface area contributed by atoms with Gasteiger partial charge in [-0.15, -0.1) is 11.8 Å². The summed E-state index contributed by atoms with van der Waals surface area (Å²) in [5.74, 6) is 0.772. The second-order valence-electron chi connectivity index (χ2n) is 4.70. The van der Waals surface area contributed by atoms with E-state index < -0.39 is 0 Å². The Labute approximate surface area is 137 Å². The van der Waals surface area contributed by atoms with E-state index >= 15 is 0 Å². The van der Waals surface area contributed by atoms with Gasteiger partial charge in [0.25, 0.3) is 5.91 Å². The monoisotopic (exact) mass is 338 g/mol. The predicted octanol–water partition coefficient (Wildman–Crippen LogP) is 4.36. The van der Waals surface area contributed by atoms with Crippen molar-refractivity contribution in [2.24, 2.45) is 0 Å². The van der Waals surface area contributed by atoms with Gasteiger partial charge in [-0.05, 0) is 36.2 Å². The van der Waals surface area contributed by atoms with E-state index in [2.05, 4.69) is 10.3 Å². The van der Waals surface area contributed by atoms with Crippen LogP contribution < -0.4 is 5.32 Å². The largest absolute Gasteiger partial charge is 0.345 e. The first kappa shape index (κ1) is 14.7. The number of pyridine rings is 1. The number of benzene rings is 1. The van der Waals surface area contributed by atoms with Crippen molar-refractivity contribution in [1.29, 1.82) is 0 Å². The fraction of sp³-hybridized carbons (Fsp3) is 0.200. The van der Waals surface area contributed by atoms with Gasteiger partial charge in [0.05, 0.1) is 16.6 Å². The Morgan fingerprint density at radius 2 is 2.19 bits per heavy atom. The number of hydrogen-bond acceptors (Lipinski definition) is 3. The van der Waals surface area contributed by atoms with Crippen LogP contribution in [0.25, 0.3) is 0 Å². The van der Waals surface area contributed by atoms with E-state index in [1.54, 1.807) is 24.0 Å². The Hall–Kier alpha value is -1.23. The van der Waals surface area contributed by atoms with Gasteiger partial charge in [0.1, 0.15) is 0 Å². The van der Waals surface area contributed by atoms with E-state index in [4.69, 9.17) is 23.2 Å². The van der Waals surface area contributed by atoms with Gasteiger partial charge in [-0.3, -0.25) is 9.78 Å². The number of carbonyl (C=O) groups excluding carboxylic acids is 1. The molecule has 108 valence electrons. The highest BCUT2D eigenvalue weighted by Crippen LogP contribution is 2.37. The summed E-state index contributed by atoms with van der Waals surface area (Å²) in [6.45, 7) is 0. The van der Waals surface area contributed by atoms with Crippen LogP contribution >= 0.6 is 35.0 Å².